The zero-order valence-corrected chi connectivity index (χ0v) is 25.1. The normalized spacial score (nSPS) is 15.4. The quantitative estimate of drug-likeness (QED) is 0.215. The number of anilines is 1. The molecule has 1 aliphatic rings. The molecule has 3 aromatic rings. The highest BCUT2D eigenvalue weighted by Crippen LogP contribution is 2.20. The maximum absolute atomic E-state index is 14.0. The number of benzene rings is 2. The van der Waals surface area contributed by atoms with E-state index in [0.29, 0.717) is 18.7 Å². The van der Waals surface area contributed by atoms with Gasteiger partial charge in [-0.3, -0.25) is 24.7 Å². The number of ether oxygens (including phenoxy) is 2. The number of fused-ring (bicyclic) bond motifs is 1. The molecular formula is C30H34ClFN6O6. The van der Waals surface area contributed by atoms with Crippen LogP contribution in [0.25, 0.3) is 10.8 Å². The molecule has 1 fully saturated rings. The minimum atomic E-state index is -0.802. The van der Waals surface area contributed by atoms with E-state index in [2.05, 4.69) is 21.0 Å². The highest BCUT2D eigenvalue weighted by Gasteiger charge is 2.30. The number of hydrogen-bond acceptors (Lipinski definition) is 9. The SMILES string of the molecule is COC(=O)C1CN(C(=O)CC[C@@H](COC(=O)Nc2cc3ccccc3cn2)N(NCc2cccc(F)c2Cl)C(C)=O)CCN1. The number of nitrogens with zero attached hydrogens (tertiary/aromatic N) is 3. The molecule has 3 N–H and O–H groups in total. The summed E-state index contributed by atoms with van der Waals surface area (Å²) in [4.78, 5) is 56.4. The number of hydrogen-bond donors (Lipinski definition) is 3. The molecule has 2 heterocycles. The lowest BCUT2D eigenvalue weighted by atomic mass is 10.1. The van der Waals surface area contributed by atoms with E-state index >= 15 is 0 Å². The third-order valence-electron chi connectivity index (χ3n) is 7.15. The number of pyridine rings is 1. The van der Waals surface area contributed by atoms with Crippen LogP contribution in [0.5, 0.6) is 0 Å². The van der Waals surface area contributed by atoms with Crippen molar-refractivity contribution in [3.05, 3.63) is 71.1 Å². The third-order valence-corrected chi connectivity index (χ3v) is 7.57. The van der Waals surface area contributed by atoms with Crippen molar-refractivity contribution >= 4 is 52.1 Å². The van der Waals surface area contributed by atoms with Gasteiger partial charge in [0, 0.05) is 51.1 Å². The standard InChI is InChI=1S/C30H34ClFN6O6/c1-19(39)38(35-16-22-8-5-9-24(32)28(22)31)23(10-11-27(40)37-13-12-33-25(17-37)29(41)43-2)18-44-30(42)36-26-14-20-6-3-4-7-21(20)15-34-26/h3-9,14-15,23,25,33,35H,10-13,16-18H2,1-2H3,(H,34,36,42)/t23-,25?/m0/s1. The van der Waals surface area contributed by atoms with Crippen molar-refractivity contribution in [3.63, 3.8) is 0 Å². The number of amides is 3. The molecule has 0 spiro atoms. The second-order valence-electron chi connectivity index (χ2n) is 10.1. The predicted octanol–water partition coefficient (Wildman–Crippen LogP) is 3.25. The van der Waals surface area contributed by atoms with E-state index in [1.807, 2.05) is 24.3 Å². The van der Waals surface area contributed by atoms with Crippen molar-refractivity contribution in [2.75, 3.05) is 38.7 Å². The second-order valence-corrected chi connectivity index (χ2v) is 10.5. The Balaban J connectivity index is 1.44. The van der Waals surface area contributed by atoms with Crippen molar-refractivity contribution < 1.29 is 33.0 Å². The van der Waals surface area contributed by atoms with Crippen molar-refractivity contribution in [1.29, 1.82) is 0 Å². The number of esters is 1. The molecule has 0 saturated carbocycles. The summed E-state index contributed by atoms with van der Waals surface area (Å²) in [5.41, 5.74) is 3.35. The summed E-state index contributed by atoms with van der Waals surface area (Å²) in [6, 6.07) is 12.1. The minimum absolute atomic E-state index is 0.00751. The first-order chi connectivity index (χ1) is 21.2. The zero-order valence-electron chi connectivity index (χ0n) is 24.3. The van der Waals surface area contributed by atoms with Crippen LogP contribution in [0.1, 0.15) is 25.3 Å². The molecule has 12 nitrogen and oxygen atoms in total. The third kappa shape index (κ3) is 8.62. The van der Waals surface area contributed by atoms with Gasteiger partial charge in [0.1, 0.15) is 24.3 Å². The van der Waals surface area contributed by atoms with Gasteiger partial charge in [0.2, 0.25) is 11.8 Å². The van der Waals surface area contributed by atoms with Crippen LogP contribution in [0.15, 0.2) is 54.7 Å². The molecule has 3 amide bonds. The highest BCUT2D eigenvalue weighted by molar-refractivity contribution is 6.31. The molecule has 0 radical (unpaired) electrons. The van der Waals surface area contributed by atoms with Crippen molar-refractivity contribution in [2.24, 2.45) is 0 Å². The van der Waals surface area contributed by atoms with Crippen LogP contribution >= 0.6 is 11.6 Å². The van der Waals surface area contributed by atoms with Gasteiger partial charge < -0.3 is 19.7 Å². The van der Waals surface area contributed by atoms with Gasteiger partial charge in [-0.1, -0.05) is 48.0 Å². The summed E-state index contributed by atoms with van der Waals surface area (Å²) in [5, 5.41) is 8.53. The fraction of sp³-hybridized carbons (Fsp3) is 0.367. The van der Waals surface area contributed by atoms with Gasteiger partial charge >= 0.3 is 12.1 Å². The lowest BCUT2D eigenvalue weighted by Crippen LogP contribution is -2.56. The molecule has 1 aromatic heterocycles. The first kappa shape index (κ1) is 32.6. The first-order valence-electron chi connectivity index (χ1n) is 14.0. The Labute approximate surface area is 258 Å². The minimum Gasteiger partial charge on any atom is -0.468 e. The largest absolute Gasteiger partial charge is 0.468 e. The molecule has 0 aliphatic carbocycles. The highest BCUT2D eigenvalue weighted by atomic mass is 35.5. The second kappa shape index (κ2) is 15.4. The summed E-state index contributed by atoms with van der Waals surface area (Å²) >= 11 is 6.09. The molecular weight excluding hydrogens is 595 g/mol. The van der Waals surface area contributed by atoms with Crippen molar-refractivity contribution in [3.8, 4) is 0 Å². The molecule has 234 valence electrons. The van der Waals surface area contributed by atoms with Crippen molar-refractivity contribution in [1.82, 2.24) is 25.6 Å². The Morgan fingerprint density at radius 2 is 1.95 bits per heavy atom. The summed E-state index contributed by atoms with van der Waals surface area (Å²) in [6.45, 7) is 1.97. The Bertz CT molecular complexity index is 1510. The summed E-state index contributed by atoms with van der Waals surface area (Å²) in [6.07, 6.45) is 0.918. The smallest absolute Gasteiger partial charge is 0.412 e. The molecule has 44 heavy (non-hydrogen) atoms. The van der Waals surface area contributed by atoms with E-state index in [1.54, 1.807) is 23.2 Å². The molecule has 0 bridgehead atoms. The van der Waals surface area contributed by atoms with Gasteiger partial charge in [-0.15, -0.1) is 0 Å². The lowest BCUT2D eigenvalue weighted by Gasteiger charge is -2.34. The van der Waals surface area contributed by atoms with Gasteiger partial charge in [0.05, 0.1) is 18.2 Å². The monoisotopic (exact) mass is 628 g/mol. The number of piperazine rings is 1. The van der Waals surface area contributed by atoms with E-state index in [4.69, 9.17) is 21.1 Å². The summed E-state index contributed by atoms with van der Waals surface area (Å²) < 4.78 is 24.3. The van der Waals surface area contributed by atoms with Crippen LogP contribution < -0.4 is 16.1 Å². The Hall–Kier alpha value is -4.33. The fourth-order valence-corrected chi connectivity index (χ4v) is 5.02. The van der Waals surface area contributed by atoms with Crippen LogP contribution in [0, 0.1) is 5.82 Å². The van der Waals surface area contributed by atoms with Gasteiger partial charge in [-0.2, -0.15) is 0 Å². The number of carbonyl (C=O) groups is 4. The lowest BCUT2D eigenvalue weighted by molar-refractivity contribution is -0.146. The first-order valence-corrected chi connectivity index (χ1v) is 14.4. The van der Waals surface area contributed by atoms with Crippen LogP contribution in [0.4, 0.5) is 15.0 Å². The van der Waals surface area contributed by atoms with Gasteiger partial charge in [-0.05, 0) is 29.5 Å². The molecule has 2 aromatic carbocycles. The van der Waals surface area contributed by atoms with E-state index in [-0.39, 0.29) is 49.3 Å². The Morgan fingerprint density at radius 1 is 1.18 bits per heavy atom. The number of methoxy groups -OCH3 is 1. The Morgan fingerprint density at radius 3 is 2.70 bits per heavy atom. The molecule has 1 saturated heterocycles. The van der Waals surface area contributed by atoms with Crippen LogP contribution in [-0.4, -0.2) is 84.2 Å². The van der Waals surface area contributed by atoms with Gasteiger partial charge in [-0.25, -0.2) is 19.6 Å². The summed E-state index contributed by atoms with van der Waals surface area (Å²) in [5.74, 6) is -1.47. The Kier molecular flexibility index (Phi) is 11.4. The fourth-order valence-electron chi connectivity index (χ4n) is 4.83. The average molecular weight is 629 g/mol. The summed E-state index contributed by atoms with van der Waals surface area (Å²) in [7, 11) is 1.28. The molecule has 14 heteroatoms. The van der Waals surface area contributed by atoms with E-state index in [0.717, 1.165) is 10.8 Å². The number of hydrazine groups is 1. The number of aromatic nitrogens is 1. The van der Waals surface area contributed by atoms with E-state index in [9.17, 15) is 23.6 Å². The molecule has 1 unspecified atom stereocenters. The van der Waals surface area contributed by atoms with Gasteiger partial charge in [0.25, 0.3) is 0 Å². The maximum atomic E-state index is 14.0. The number of rotatable bonds is 11. The van der Waals surface area contributed by atoms with E-state index < -0.39 is 35.9 Å². The topological polar surface area (TPSA) is 142 Å². The molecule has 1 aliphatic heterocycles. The van der Waals surface area contributed by atoms with Gasteiger partial charge in [0.15, 0.2) is 0 Å². The molecule has 4 rings (SSSR count). The number of carbonyl (C=O) groups excluding carboxylic acids is 4. The van der Waals surface area contributed by atoms with Crippen molar-refractivity contribution in [2.45, 2.75) is 38.4 Å². The van der Waals surface area contributed by atoms with E-state index in [1.165, 1.54) is 31.2 Å². The maximum Gasteiger partial charge on any atom is 0.412 e. The number of halogens is 2. The van der Waals surface area contributed by atoms with Crippen LogP contribution in [-0.2, 0) is 30.4 Å². The van der Waals surface area contributed by atoms with Crippen LogP contribution in [0.2, 0.25) is 5.02 Å². The average Bonchev–Trinajstić information content (AvgIpc) is 3.03. The predicted molar refractivity (Wildman–Crippen MR) is 161 cm³/mol. The molecule has 2 atom stereocenters. The van der Waals surface area contributed by atoms with Crippen LogP contribution in [0.3, 0.4) is 0 Å². The number of nitrogens with one attached hydrogen (secondary N) is 3. The zero-order chi connectivity index (χ0) is 31.6.